The molecule has 2 aliphatic rings. The number of carbonyl (C=O) groups excluding carboxylic acids is 3. The minimum Gasteiger partial charge on any atom is -0.489 e. The highest BCUT2D eigenvalue weighted by Crippen LogP contribution is 2.32. The molecular weight excluding hydrogens is 532 g/mol. The second kappa shape index (κ2) is 14.6. The summed E-state index contributed by atoms with van der Waals surface area (Å²) in [6.07, 6.45) is 2.95. The van der Waals surface area contributed by atoms with E-state index in [2.05, 4.69) is 34.1 Å². The number of fused-ring (bicyclic) bond motifs is 1. The van der Waals surface area contributed by atoms with E-state index in [0.29, 0.717) is 19.5 Å². The zero-order chi connectivity index (χ0) is 30.2. The van der Waals surface area contributed by atoms with Crippen molar-refractivity contribution in [2.45, 2.75) is 89.6 Å². The van der Waals surface area contributed by atoms with Gasteiger partial charge in [-0.25, -0.2) is 0 Å². The first-order chi connectivity index (χ1) is 20.2. The minimum absolute atomic E-state index is 0.0219. The maximum absolute atomic E-state index is 13.9. The van der Waals surface area contributed by atoms with E-state index in [1.807, 2.05) is 44.2 Å². The largest absolute Gasteiger partial charge is 0.489 e. The summed E-state index contributed by atoms with van der Waals surface area (Å²) in [5, 5.41) is 20.0. The number of nitrogens with one attached hydrogen (secondary N) is 3. The number of amides is 3. The molecule has 3 amide bonds. The Labute approximate surface area is 249 Å². The molecule has 42 heavy (non-hydrogen) atoms. The average Bonchev–Trinajstić information content (AvgIpc) is 2.98. The summed E-state index contributed by atoms with van der Waals surface area (Å²) in [6.45, 7) is 6.44. The van der Waals surface area contributed by atoms with Crippen LogP contribution in [0.2, 0.25) is 0 Å². The van der Waals surface area contributed by atoms with Gasteiger partial charge in [0.15, 0.2) is 0 Å². The maximum atomic E-state index is 13.9. The number of aliphatic hydroxyl groups excluding tert-OH is 1. The lowest BCUT2D eigenvalue weighted by molar-refractivity contribution is -0.146. The maximum Gasteiger partial charge on any atom is 0.246 e. The first kappa shape index (κ1) is 31.5. The molecule has 0 saturated heterocycles. The quantitative estimate of drug-likeness (QED) is 0.433. The van der Waals surface area contributed by atoms with Crippen LogP contribution in [0, 0.1) is 5.92 Å². The summed E-state index contributed by atoms with van der Waals surface area (Å²) in [5.41, 5.74) is 3.18. The van der Waals surface area contributed by atoms with Gasteiger partial charge < -0.3 is 30.7 Å². The van der Waals surface area contributed by atoms with Crippen LogP contribution >= 0.6 is 0 Å². The highest BCUT2D eigenvalue weighted by atomic mass is 16.5. The van der Waals surface area contributed by atoms with E-state index in [1.54, 1.807) is 7.05 Å². The van der Waals surface area contributed by atoms with E-state index in [-0.39, 0.29) is 30.3 Å². The van der Waals surface area contributed by atoms with Crippen LogP contribution in [-0.2, 0) is 33.6 Å². The van der Waals surface area contributed by atoms with Crippen molar-refractivity contribution in [3.63, 3.8) is 0 Å². The molecule has 9 heteroatoms. The molecule has 3 unspecified atom stereocenters. The molecule has 4 rings (SSSR count). The summed E-state index contributed by atoms with van der Waals surface area (Å²) in [6, 6.07) is 13.1. The van der Waals surface area contributed by atoms with Crippen molar-refractivity contribution < 1.29 is 24.2 Å². The molecule has 0 spiro atoms. The Morgan fingerprint density at radius 3 is 2.40 bits per heavy atom. The van der Waals surface area contributed by atoms with E-state index >= 15 is 0 Å². The van der Waals surface area contributed by atoms with Crippen molar-refractivity contribution in [1.29, 1.82) is 0 Å². The van der Waals surface area contributed by atoms with Crippen LogP contribution in [0.4, 0.5) is 0 Å². The second-order valence-corrected chi connectivity index (χ2v) is 11.7. The molecule has 2 aliphatic heterocycles. The van der Waals surface area contributed by atoms with Gasteiger partial charge in [-0.05, 0) is 55.2 Å². The lowest BCUT2D eigenvalue weighted by Crippen LogP contribution is -2.61. The molecule has 2 bridgehead atoms. The van der Waals surface area contributed by atoms with Gasteiger partial charge in [0, 0.05) is 26.6 Å². The number of rotatable bonds is 5. The number of benzene rings is 2. The molecule has 2 aromatic rings. The van der Waals surface area contributed by atoms with Crippen molar-refractivity contribution >= 4 is 17.7 Å². The van der Waals surface area contributed by atoms with E-state index in [0.717, 1.165) is 42.6 Å². The number of hydrogen-bond acceptors (Lipinski definition) is 6. The predicted octanol–water partition coefficient (Wildman–Crippen LogP) is 2.38. The van der Waals surface area contributed by atoms with Crippen LogP contribution in [0.3, 0.4) is 0 Å². The highest BCUT2D eigenvalue weighted by molar-refractivity contribution is 5.93. The van der Waals surface area contributed by atoms with Gasteiger partial charge in [-0.3, -0.25) is 14.4 Å². The van der Waals surface area contributed by atoms with Gasteiger partial charge in [0.1, 0.15) is 23.9 Å². The van der Waals surface area contributed by atoms with Gasteiger partial charge in [-0.15, -0.1) is 0 Å². The number of aliphatic hydroxyl groups is 1. The molecule has 0 aromatic heterocycles. The third-order valence-electron chi connectivity index (χ3n) is 8.57. The zero-order valence-electron chi connectivity index (χ0n) is 25.3. The Balaban J connectivity index is 1.65. The second-order valence-electron chi connectivity index (χ2n) is 11.7. The molecule has 0 radical (unpaired) electrons. The summed E-state index contributed by atoms with van der Waals surface area (Å²) in [7, 11) is 1.54. The zero-order valence-corrected chi connectivity index (χ0v) is 25.3. The van der Waals surface area contributed by atoms with Crippen LogP contribution in [-0.4, -0.2) is 78.2 Å². The summed E-state index contributed by atoms with van der Waals surface area (Å²) < 4.78 is 6.48. The smallest absolute Gasteiger partial charge is 0.246 e. The SMILES string of the molecule is CCC(C)[C@@H]1NCC2CCc3cccc(c3O2)CCCNC(=O)[C@H](Cc2ccccc2)NC(=O)[C@H](C(C)O)N(C)C1=O. The Morgan fingerprint density at radius 1 is 1.00 bits per heavy atom. The van der Waals surface area contributed by atoms with Gasteiger partial charge in [0.05, 0.1) is 12.1 Å². The Morgan fingerprint density at radius 2 is 1.71 bits per heavy atom. The summed E-state index contributed by atoms with van der Waals surface area (Å²) >= 11 is 0. The van der Waals surface area contributed by atoms with Gasteiger partial charge in [0.2, 0.25) is 17.7 Å². The van der Waals surface area contributed by atoms with Crippen molar-refractivity contribution in [3.8, 4) is 5.75 Å². The first-order valence-corrected chi connectivity index (χ1v) is 15.3. The Hall–Kier alpha value is -3.43. The number of hydrogen-bond donors (Lipinski definition) is 4. The minimum atomic E-state index is -1.17. The van der Waals surface area contributed by atoms with Gasteiger partial charge >= 0.3 is 0 Å². The monoisotopic (exact) mass is 578 g/mol. The average molecular weight is 579 g/mol. The molecular formula is C33H46N4O5. The van der Waals surface area contributed by atoms with Crippen molar-refractivity contribution in [1.82, 2.24) is 20.9 Å². The van der Waals surface area contributed by atoms with Crippen molar-refractivity contribution in [2.75, 3.05) is 20.1 Å². The molecule has 0 fully saturated rings. The van der Waals surface area contributed by atoms with Crippen LogP contribution in [0.5, 0.6) is 5.75 Å². The number of carbonyl (C=O) groups is 3. The van der Waals surface area contributed by atoms with Gasteiger partial charge in [-0.1, -0.05) is 68.8 Å². The molecule has 4 N–H and O–H groups in total. The fraction of sp³-hybridized carbons (Fsp3) is 0.545. The van der Waals surface area contributed by atoms with E-state index in [4.69, 9.17) is 4.74 Å². The molecule has 0 saturated carbocycles. The lowest BCUT2D eigenvalue weighted by atomic mass is 9.95. The fourth-order valence-corrected chi connectivity index (χ4v) is 5.90. The van der Waals surface area contributed by atoms with E-state index in [1.165, 1.54) is 17.4 Å². The van der Waals surface area contributed by atoms with Crippen molar-refractivity contribution in [3.05, 3.63) is 65.2 Å². The summed E-state index contributed by atoms with van der Waals surface area (Å²) in [5.74, 6) is -0.274. The Kier molecular flexibility index (Phi) is 11.0. The standard InChI is InChI=1S/C33H46N4O5/c1-5-21(2)28-33(41)37(4)29(22(3)38)32(40)36-27(19-23-11-7-6-8-12-23)31(39)34-18-10-15-24-13-9-14-25-16-17-26(20-35-28)42-30(24)25/h6-9,11-14,21-22,26-29,35,38H,5,10,15-20H2,1-4H3,(H,34,39)(H,36,40)/t21?,22?,26?,27-,28-,29-/m0/s1. The third kappa shape index (κ3) is 7.69. The van der Waals surface area contributed by atoms with Gasteiger partial charge in [0.25, 0.3) is 0 Å². The predicted molar refractivity (Wildman–Crippen MR) is 162 cm³/mol. The summed E-state index contributed by atoms with van der Waals surface area (Å²) in [4.78, 5) is 42.3. The number of ether oxygens (including phenoxy) is 1. The molecule has 2 aromatic carbocycles. The number of likely N-dealkylation sites (N-methyl/N-ethyl adjacent to an activating group) is 1. The molecule has 6 atom stereocenters. The third-order valence-corrected chi connectivity index (χ3v) is 8.57. The van der Waals surface area contributed by atoms with Crippen molar-refractivity contribution in [2.24, 2.45) is 5.92 Å². The number of para-hydroxylation sites is 1. The highest BCUT2D eigenvalue weighted by Gasteiger charge is 2.38. The molecule has 0 aliphatic carbocycles. The normalized spacial score (nSPS) is 25.7. The van der Waals surface area contributed by atoms with E-state index < -0.39 is 30.1 Å². The molecule has 9 nitrogen and oxygen atoms in total. The van der Waals surface area contributed by atoms with Crippen LogP contribution in [0.15, 0.2) is 48.5 Å². The number of nitrogens with zero attached hydrogens (tertiary/aromatic N) is 1. The fourth-order valence-electron chi connectivity index (χ4n) is 5.90. The van der Waals surface area contributed by atoms with E-state index in [9.17, 15) is 19.5 Å². The van der Waals surface area contributed by atoms with Crippen LogP contribution < -0.4 is 20.7 Å². The topological polar surface area (TPSA) is 120 Å². The lowest BCUT2D eigenvalue weighted by Gasteiger charge is -2.36. The molecule has 2 heterocycles. The van der Waals surface area contributed by atoms with Crippen LogP contribution in [0.1, 0.15) is 56.7 Å². The number of aryl methyl sites for hydroxylation is 2. The molecule has 228 valence electrons. The van der Waals surface area contributed by atoms with Crippen LogP contribution in [0.25, 0.3) is 0 Å². The Bertz CT molecular complexity index is 1220. The first-order valence-electron chi connectivity index (χ1n) is 15.3. The van der Waals surface area contributed by atoms with Gasteiger partial charge in [-0.2, -0.15) is 0 Å².